The van der Waals surface area contributed by atoms with Gasteiger partial charge in [-0.2, -0.15) is 0 Å². The van der Waals surface area contributed by atoms with Gasteiger partial charge in [-0.25, -0.2) is 4.79 Å². The Morgan fingerprint density at radius 3 is 2.27 bits per heavy atom. The molecule has 0 bridgehead atoms. The molecule has 1 unspecified atom stereocenters. The molecule has 1 aliphatic rings. The zero-order valence-electron chi connectivity index (χ0n) is 13.9. The van der Waals surface area contributed by atoms with Crippen LogP contribution >= 0.6 is 15.9 Å². The van der Waals surface area contributed by atoms with Gasteiger partial charge in [-0.15, -0.1) is 0 Å². The zero-order chi connectivity index (χ0) is 16.3. The summed E-state index contributed by atoms with van der Waals surface area (Å²) in [6, 6.07) is 8.58. The zero-order valence-corrected chi connectivity index (χ0v) is 15.5. The molecule has 0 spiro atoms. The third-order valence-electron chi connectivity index (χ3n) is 4.29. The van der Waals surface area contributed by atoms with Gasteiger partial charge in [-0.1, -0.05) is 35.0 Å². The normalized spacial score (nSPS) is 18.1. The minimum Gasteiger partial charge on any atom is -0.444 e. The second kappa shape index (κ2) is 7.03. The standard InChI is InChI=1S/C18H26BrNO2/c1-13(14-5-7-16(19)8-6-14)15-9-11-20(12-10-15)17(21)22-18(2,3)4/h5-8,13,15H,9-12H2,1-4H3. The van der Waals surface area contributed by atoms with Gasteiger partial charge >= 0.3 is 6.09 Å². The molecule has 3 nitrogen and oxygen atoms in total. The summed E-state index contributed by atoms with van der Waals surface area (Å²) < 4.78 is 6.57. The van der Waals surface area contributed by atoms with E-state index >= 15 is 0 Å². The number of likely N-dealkylation sites (tertiary alicyclic amines) is 1. The van der Waals surface area contributed by atoms with E-state index in [2.05, 4.69) is 47.1 Å². The van der Waals surface area contributed by atoms with Crippen molar-refractivity contribution in [2.75, 3.05) is 13.1 Å². The van der Waals surface area contributed by atoms with Gasteiger partial charge in [-0.3, -0.25) is 0 Å². The van der Waals surface area contributed by atoms with Crippen molar-refractivity contribution in [3.05, 3.63) is 34.3 Å². The molecule has 1 heterocycles. The van der Waals surface area contributed by atoms with Crippen molar-refractivity contribution in [1.82, 2.24) is 4.90 Å². The first-order valence-electron chi connectivity index (χ1n) is 7.99. The van der Waals surface area contributed by atoms with Gasteiger partial charge in [-0.05, 0) is 63.1 Å². The Balaban J connectivity index is 1.89. The van der Waals surface area contributed by atoms with Gasteiger partial charge in [0.2, 0.25) is 0 Å². The highest BCUT2D eigenvalue weighted by Crippen LogP contribution is 2.33. The van der Waals surface area contributed by atoms with Crippen molar-refractivity contribution in [2.24, 2.45) is 5.92 Å². The summed E-state index contributed by atoms with van der Waals surface area (Å²) in [7, 11) is 0. The number of halogens is 1. The fourth-order valence-corrected chi connectivity index (χ4v) is 3.21. The molecule has 0 aromatic heterocycles. The molecule has 1 saturated heterocycles. The number of piperidine rings is 1. The van der Waals surface area contributed by atoms with E-state index in [4.69, 9.17) is 4.74 Å². The molecule has 122 valence electrons. The fraction of sp³-hybridized carbons (Fsp3) is 0.611. The van der Waals surface area contributed by atoms with Crippen molar-refractivity contribution in [3.8, 4) is 0 Å². The lowest BCUT2D eigenvalue weighted by atomic mass is 9.81. The number of carbonyl (C=O) groups excluding carboxylic acids is 1. The van der Waals surface area contributed by atoms with Crippen LogP contribution in [0.4, 0.5) is 4.79 Å². The SMILES string of the molecule is CC(c1ccc(Br)cc1)C1CCN(C(=O)OC(C)(C)C)CC1. The molecule has 2 rings (SSSR count). The quantitative estimate of drug-likeness (QED) is 0.718. The predicted octanol–water partition coefficient (Wildman–Crippen LogP) is 5.20. The van der Waals surface area contributed by atoms with E-state index in [0.717, 1.165) is 30.4 Å². The minimum atomic E-state index is -0.418. The molecule has 1 fully saturated rings. The average Bonchev–Trinajstić information content (AvgIpc) is 2.46. The number of ether oxygens (including phenoxy) is 1. The van der Waals surface area contributed by atoms with Crippen molar-refractivity contribution >= 4 is 22.0 Å². The Kier molecular flexibility index (Phi) is 5.54. The first-order chi connectivity index (χ1) is 10.3. The van der Waals surface area contributed by atoms with Crippen LogP contribution in [0.3, 0.4) is 0 Å². The van der Waals surface area contributed by atoms with Gasteiger partial charge in [0.15, 0.2) is 0 Å². The number of hydrogen-bond donors (Lipinski definition) is 0. The van der Waals surface area contributed by atoms with Crippen LogP contribution in [0.1, 0.15) is 52.0 Å². The summed E-state index contributed by atoms with van der Waals surface area (Å²) in [6.45, 7) is 9.60. The number of carbonyl (C=O) groups is 1. The second-order valence-corrected chi connectivity index (χ2v) is 8.06. The Morgan fingerprint density at radius 2 is 1.77 bits per heavy atom. The van der Waals surface area contributed by atoms with Crippen LogP contribution in [0.5, 0.6) is 0 Å². The van der Waals surface area contributed by atoms with Gasteiger partial charge in [0.05, 0.1) is 0 Å². The Bertz CT molecular complexity index is 499. The van der Waals surface area contributed by atoms with E-state index in [1.54, 1.807) is 0 Å². The summed E-state index contributed by atoms with van der Waals surface area (Å²) in [5, 5.41) is 0. The van der Waals surface area contributed by atoms with Gasteiger partial charge in [0.1, 0.15) is 5.60 Å². The number of hydrogen-bond acceptors (Lipinski definition) is 2. The van der Waals surface area contributed by atoms with E-state index in [-0.39, 0.29) is 6.09 Å². The molecular formula is C18H26BrNO2. The molecule has 1 aromatic carbocycles. The highest BCUT2D eigenvalue weighted by molar-refractivity contribution is 9.10. The Labute approximate surface area is 142 Å². The van der Waals surface area contributed by atoms with Gasteiger partial charge < -0.3 is 9.64 Å². The minimum absolute atomic E-state index is 0.178. The molecule has 4 heteroatoms. The molecule has 22 heavy (non-hydrogen) atoms. The molecule has 1 amide bonds. The van der Waals surface area contributed by atoms with Crippen molar-refractivity contribution < 1.29 is 9.53 Å². The highest BCUT2D eigenvalue weighted by Gasteiger charge is 2.29. The van der Waals surface area contributed by atoms with Gasteiger partial charge in [0, 0.05) is 17.6 Å². The number of nitrogens with zero attached hydrogens (tertiary/aromatic N) is 1. The van der Waals surface area contributed by atoms with Gasteiger partial charge in [0.25, 0.3) is 0 Å². The molecule has 0 saturated carbocycles. The number of benzene rings is 1. The maximum atomic E-state index is 12.1. The maximum Gasteiger partial charge on any atom is 0.410 e. The van der Waals surface area contributed by atoms with Crippen LogP contribution in [0.2, 0.25) is 0 Å². The van der Waals surface area contributed by atoms with Crippen LogP contribution in [-0.2, 0) is 4.74 Å². The summed E-state index contributed by atoms with van der Waals surface area (Å²) >= 11 is 3.48. The monoisotopic (exact) mass is 367 g/mol. The summed E-state index contributed by atoms with van der Waals surface area (Å²) in [5.74, 6) is 1.15. The second-order valence-electron chi connectivity index (χ2n) is 7.15. The average molecular weight is 368 g/mol. The predicted molar refractivity (Wildman–Crippen MR) is 93.1 cm³/mol. The first kappa shape index (κ1) is 17.3. The van der Waals surface area contributed by atoms with Crippen LogP contribution in [0.25, 0.3) is 0 Å². The molecule has 0 radical (unpaired) electrons. The van der Waals surface area contributed by atoms with E-state index in [1.165, 1.54) is 5.56 Å². The molecular weight excluding hydrogens is 342 g/mol. The number of rotatable bonds is 2. The summed E-state index contributed by atoms with van der Waals surface area (Å²) in [6.07, 6.45) is 1.90. The van der Waals surface area contributed by atoms with E-state index in [9.17, 15) is 4.79 Å². The lowest BCUT2D eigenvalue weighted by Gasteiger charge is -2.35. The van der Waals surface area contributed by atoms with Crippen LogP contribution < -0.4 is 0 Å². The lowest BCUT2D eigenvalue weighted by Crippen LogP contribution is -2.42. The third-order valence-corrected chi connectivity index (χ3v) is 4.82. The van der Waals surface area contributed by atoms with Crippen molar-refractivity contribution in [2.45, 2.75) is 52.1 Å². The van der Waals surface area contributed by atoms with Crippen molar-refractivity contribution in [1.29, 1.82) is 0 Å². The highest BCUT2D eigenvalue weighted by atomic mass is 79.9. The fourth-order valence-electron chi connectivity index (χ4n) is 2.95. The Morgan fingerprint density at radius 1 is 1.23 bits per heavy atom. The Hall–Kier alpha value is -1.03. The maximum absolute atomic E-state index is 12.1. The number of amides is 1. The first-order valence-corrected chi connectivity index (χ1v) is 8.79. The summed E-state index contributed by atoms with van der Waals surface area (Å²) in [4.78, 5) is 13.9. The van der Waals surface area contributed by atoms with E-state index in [0.29, 0.717) is 11.8 Å². The van der Waals surface area contributed by atoms with Crippen LogP contribution in [0.15, 0.2) is 28.7 Å². The van der Waals surface area contributed by atoms with Crippen LogP contribution in [-0.4, -0.2) is 29.7 Å². The molecule has 1 aliphatic heterocycles. The van der Waals surface area contributed by atoms with Crippen molar-refractivity contribution in [3.63, 3.8) is 0 Å². The largest absolute Gasteiger partial charge is 0.444 e. The summed E-state index contributed by atoms with van der Waals surface area (Å²) in [5.41, 5.74) is 0.956. The van der Waals surface area contributed by atoms with E-state index in [1.807, 2.05) is 25.7 Å². The molecule has 0 N–H and O–H groups in total. The molecule has 0 aliphatic carbocycles. The van der Waals surface area contributed by atoms with E-state index < -0.39 is 5.60 Å². The van der Waals surface area contributed by atoms with Crippen LogP contribution in [0, 0.1) is 5.92 Å². The lowest BCUT2D eigenvalue weighted by molar-refractivity contribution is 0.0176. The topological polar surface area (TPSA) is 29.5 Å². The third kappa shape index (κ3) is 4.73. The molecule has 1 aromatic rings. The smallest absolute Gasteiger partial charge is 0.410 e. The molecule has 1 atom stereocenters.